The van der Waals surface area contributed by atoms with Crippen molar-refractivity contribution >= 4 is 34.6 Å². The number of rotatable bonds is 7. The Morgan fingerprint density at radius 1 is 1.17 bits per heavy atom. The number of nitrogens with one attached hydrogen (secondary N) is 2. The van der Waals surface area contributed by atoms with Crippen LogP contribution in [0.5, 0.6) is 5.75 Å². The minimum Gasteiger partial charge on any atom is -0.494 e. The lowest BCUT2D eigenvalue weighted by molar-refractivity contribution is -0.383. The smallest absolute Gasteiger partial charge is 0.292 e. The third kappa shape index (κ3) is 7.11. The van der Waals surface area contributed by atoms with Crippen molar-refractivity contribution in [2.45, 2.75) is 46.0 Å². The molecule has 0 unspecified atom stereocenters. The SMILES string of the molecule is Cc1ccc(NC(=S)NC(=O)CCCOc2ccc(C(C)(C)C)cc2)c([N+](=O)[O-])c1. The number of carbonyl (C=O) groups is 1. The zero-order chi connectivity index (χ0) is 22.3. The van der Waals surface area contributed by atoms with Gasteiger partial charge in [0.2, 0.25) is 5.91 Å². The number of hydrogen-bond acceptors (Lipinski definition) is 5. The number of hydrogen-bond donors (Lipinski definition) is 2. The van der Waals surface area contributed by atoms with Crippen LogP contribution >= 0.6 is 12.2 Å². The molecule has 160 valence electrons. The van der Waals surface area contributed by atoms with Crippen molar-refractivity contribution in [3.8, 4) is 5.75 Å². The van der Waals surface area contributed by atoms with Gasteiger partial charge in [-0.05, 0) is 60.3 Å². The summed E-state index contributed by atoms with van der Waals surface area (Å²) in [7, 11) is 0. The van der Waals surface area contributed by atoms with Crippen molar-refractivity contribution in [2.75, 3.05) is 11.9 Å². The molecule has 0 spiro atoms. The Morgan fingerprint density at radius 2 is 1.83 bits per heavy atom. The maximum atomic E-state index is 12.1. The molecular weight excluding hydrogens is 402 g/mol. The molecule has 0 aliphatic rings. The van der Waals surface area contributed by atoms with Gasteiger partial charge in [0.1, 0.15) is 11.4 Å². The molecule has 1 amide bonds. The van der Waals surface area contributed by atoms with E-state index >= 15 is 0 Å². The molecule has 2 rings (SSSR count). The lowest BCUT2D eigenvalue weighted by Crippen LogP contribution is -2.34. The number of nitrogens with zero attached hydrogens (tertiary/aromatic N) is 1. The van der Waals surface area contributed by atoms with E-state index in [0.29, 0.717) is 13.0 Å². The van der Waals surface area contributed by atoms with Gasteiger partial charge in [-0.25, -0.2) is 0 Å². The number of carbonyl (C=O) groups excluding carboxylic acids is 1. The lowest BCUT2D eigenvalue weighted by Gasteiger charge is -2.19. The Bertz CT molecular complexity index is 921. The number of benzene rings is 2. The first-order valence-corrected chi connectivity index (χ1v) is 10.1. The van der Waals surface area contributed by atoms with E-state index in [0.717, 1.165) is 11.3 Å². The van der Waals surface area contributed by atoms with E-state index < -0.39 is 4.92 Å². The molecule has 7 nitrogen and oxygen atoms in total. The largest absolute Gasteiger partial charge is 0.494 e. The highest BCUT2D eigenvalue weighted by Crippen LogP contribution is 2.25. The number of ether oxygens (including phenoxy) is 1. The van der Waals surface area contributed by atoms with Gasteiger partial charge >= 0.3 is 0 Å². The number of nitro benzene ring substituents is 1. The average molecular weight is 430 g/mol. The molecule has 0 aliphatic carbocycles. The predicted octanol–water partition coefficient (Wildman–Crippen LogP) is 4.87. The summed E-state index contributed by atoms with van der Waals surface area (Å²) in [6.07, 6.45) is 0.734. The Morgan fingerprint density at radius 3 is 2.43 bits per heavy atom. The second kappa shape index (κ2) is 10.2. The van der Waals surface area contributed by atoms with E-state index in [2.05, 4.69) is 31.4 Å². The zero-order valence-electron chi connectivity index (χ0n) is 17.7. The van der Waals surface area contributed by atoms with Crippen molar-refractivity contribution in [1.29, 1.82) is 0 Å². The van der Waals surface area contributed by atoms with Gasteiger partial charge < -0.3 is 15.4 Å². The van der Waals surface area contributed by atoms with Gasteiger partial charge in [0.05, 0.1) is 11.5 Å². The summed E-state index contributed by atoms with van der Waals surface area (Å²) in [6.45, 7) is 8.61. The molecule has 0 radical (unpaired) electrons. The Hall–Kier alpha value is -3.00. The second-order valence-corrected chi connectivity index (χ2v) is 8.41. The first kappa shape index (κ1) is 23.3. The van der Waals surface area contributed by atoms with Crippen molar-refractivity contribution in [3.63, 3.8) is 0 Å². The summed E-state index contributed by atoms with van der Waals surface area (Å²) in [5.41, 5.74) is 2.21. The van der Waals surface area contributed by atoms with Gasteiger partial charge in [-0.3, -0.25) is 14.9 Å². The number of thiocarbonyl (C=S) groups is 1. The normalized spacial score (nSPS) is 10.9. The van der Waals surface area contributed by atoms with Gasteiger partial charge in [-0.1, -0.05) is 39.0 Å². The summed E-state index contributed by atoms with van der Waals surface area (Å²) in [5, 5.41) is 16.4. The first-order chi connectivity index (χ1) is 14.1. The highest BCUT2D eigenvalue weighted by atomic mass is 32.1. The number of nitro groups is 1. The van der Waals surface area contributed by atoms with Crippen molar-refractivity contribution < 1.29 is 14.5 Å². The van der Waals surface area contributed by atoms with Crippen LogP contribution in [0.4, 0.5) is 11.4 Å². The molecule has 0 saturated carbocycles. The molecule has 2 N–H and O–H groups in total. The van der Waals surface area contributed by atoms with Gasteiger partial charge in [0.15, 0.2) is 5.11 Å². The van der Waals surface area contributed by atoms with Gasteiger partial charge in [0, 0.05) is 12.5 Å². The molecule has 0 fully saturated rings. The Kier molecular flexibility index (Phi) is 7.88. The van der Waals surface area contributed by atoms with Crippen LogP contribution in [-0.2, 0) is 10.2 Å². The van der Waals surface area contributed by atoms with Gasteiger partial charge in [-0.2, -0.15) is 0 Å². The standard InChI is InChI=1S/C22H27N3O4S/c1-15-7-12-18(19(14-15)25(27)28)23-21(30)24-20(26)6-5-13-29-17-10-8-16(9-11-17)22(2,3)4/h7-12,14H,5-6,13H2,1-4H3,(H2,23,24,26,30). The summed E-state index contributed by atoms with van der Waals surface area (Å²) in [4.78, 5) is 22.7. The van der Waals surface area contributed by atoms with Crippen LogP contribution < -0.4 is 15.4 Å². The molecule has 0 atom stereocenters. The third-order valence-electron chi connectivity index (χ3n) is 4.39. The van der Waals surface area contributed by atoms with Crippen molar-refractivity contribution in [1.82, 2.24) is 5.32 Å². The van der Waals surface area contributed by atoms with E-state index in [1.54, 1.807) is 19.1 Å². The Labute approximate surface area is 182 Å². The summed E-state index contributed by atoms with van der Waals surface area (Å²) in [6, 6.07) is 12.7. The van der Waals surface area contributed by atoms with E-state index in [-0.39, 0.29) is 34.2 Å². The minimum absolute atomic E-state index is 0.0191. The quantitative estimate of drug-likeness (QED) is 0.282. The van der Waals surface area contributed by atoms with Crippen LogP contribution in [0.1, 0.15) is 44.7 Å². The maximum absolute atomic E-state index is 12.1. The Balaban J connectivity index is 1.76. The van der Waals surface area contributed by atoms with Gasteiger partial charge in [-0.15, -0.1) is 0 Å². The number of anilines is 1. The molecule has 8 heteroatoms. The van der Waals surface area contributed by atoms with E-state index in [9.17, 15) is 14.9 Å². The molecule has 0 bridgehead atoms. The molecule has 0 heterocycles. The summed E-state index contributed by atoms with van der Waals surface area (Å²) >= 11 is 5.09. The molecule has 0 aromatic heterocycles. The van der Waals surface area contributed by atoms with Crippen molar-refractivity contribution in [3.05, 3.63) is 63.7 Å². The lowest BCUT2D eigenvalue weighted by atomic mass is 9.87. The minimum atomic E-state index is -0.495. The fourth-order valence-corrected chi connectivity index (χ4v) is 2.94. The molecule has 2 aromatic rings. The van der Waals surface area contributed by atoms with Crippen LogP contribution in [0.15, 0.2) is 42.5 Å². The molecule has 0 aliphatic heterocycles. The van der Waals surface area contributed by atoms with Crippen LogP contribution in [-0.4, -0.2) is 22.5 Å². The topological polar surface area (TPSA) is 93.5 Å². The molecule has 30 heavy (non-hydrogen) atoms. The monoisotopic (exact) mass is 429 g/mol. The van der Waals surface area contributed by atoms with E-state index in [1.807, 2.05) is 24.3 Å². The highest BCUT2D eigenvalue weighted by molar-refractivity contribution is 7.80. The molecule has 0 saturated heterocycles. The predicted molar refractivity (Wildman–Crippen MR) is 122 cm³/mol. The first-order valence-electron chi connectivity index (χ1n) is 9.65. The third-order valence-corrected chi connectivity index (χ3v) is 4.59. The number of aryl methyl sites for hydroxylation is 1. The van der Waals surface area contributed by atoms with Crippen LogP contribution in [0, 0.1) is 17.0 Å². The zero-order valence-corrected chi connectivity index (χ0v) is 18.5. The number of amides is 1. The molecule has 2 aromatic carbocycles. The van der Waals surface area contributed by atoms with E-state index in [1.165, 1.54) is 11.6 Å². The van der Waals surface area contributed by atoms with E-state index in [4.69, 9.17) is 17.0 Å². The molecular formula is C22H27N3O4S. The van der Waals surface area contributed by atoms with Crippen LogP contribution in [0.2, 0.25) is 0 Å². The fourth-order valence-electron chi connectivity index (χ4n) is 2.72. The summed E-state index contributed by atoms with van der Waals surface area (Å²) < 4.78 is 5.67. The highest BCUT2D eigenvalue weighted by Gasteiger charge is 2.16. The second-order valence-electron chi connectivity index (χ2n) is 8.01. The summed E-state index contributed by atoms with van der Waals surface area (Å²) in [5.74, 6) is 0.473. The van der Waals surface area contributed by atoms with Gasteiger partial charge in [0.25, 0.3) is 5.69 Å². The van der Waals surface area contributed by atoms with Crippen molar-refractivity contribution in [2.24, 2.45) is 0 Å². The fraction of sp³-hybridized carbons (Fsp3) is 0.364. The maximum Gasteiger partial charge on any atom is 0.292 e. The van der Waals surface area contributed by atoms with Crippen LogP contribution in [0.3, 0.4) is 0 Å². The average Bonchev–Trinajstić information content (AvgIpc) is 2.66. The van der Waals surface area contributed by atoms with Crippen LogP contribution in [0.25, 0.3) is 0 Å².